The molecule has 0 aliphatic carbocycles. The molecule has 1 atom stereocenters. The third-order valence-electron chi connectivity index (χ3n) is 3.28. The largest absolute Gasteiger partial charge is 0.508 e. The second-order valence-electron chi connectivity index (χ2n) is 5.02. The molecule has 17 heavy (non-hydrogen) atoms. The zero-order chi connectivity index (χ0) is 13.1. The highest BCUT2D eigenvalue weighted by molar-refractivity contribution is 5.40. The Morgan fingerprint density at radius 3 is 2.41 bits per heavy atom. The number of phenols is 1. The summed E-state index contributed by atoms with van der Waals surface area (Å²) in [5, 5.41) is 22.8. The van der Waals surface area contributed by atoms with Crippen LogP contribution >= 0.6 is 0 Å². The predicted octanol–water partition coefficient (Wildman–Crippen LogP) is 2.26. The van der Waals surface area contributed by atoms with Gasteiger partial charge in [-0.05, 0) is 44.4 Å². The first-order valence-electron chi connectivity index (χ1n) is 6.08. The average molecular weight is 237 g/mol. The summed E-state index contributed by atoms with van der Waals surface area (Å²) in [5.41, 5.74) is 2.45. The van der Waals surface area contributed by atoms with E-state index in [1.54, 1.807) is 13.0 Å². The van der Waals surface area contributed by atoms with Crippen LogP contribution in [0, 0.1) is 13.8 Å². The lowest BCUT2D eigenvalue weighted by atomic mass is 10.0. The van der Waals surface area contributed by atoms with E-state index < -0.39 is 5.60 Å². The highest BCUT2D eigenvalue weighted by atomic mass is 16.3. The number of aromatic hydroxyl groups is 1. The third-order valence-corrected chi connectivity index (χ3v) is 3.28. The molecule has 1 aromatic rings. The van der Waals surface area contributed by atoms with E-state index in [2.05, 4.69) is 5.32 Å². The van der Waals surface area contributed by atoms with Crippen LogP contribution in [0.3, 0.4) is 0 Å². The van der Waals surface area contributed by atoms with E-state index in [4.69, 9.17) is 0 Å². The number of phenolic OH excluding ortho intramolecular Hbond substituents is 1. The van der Waals surface area contributed by atoms with Crippen molar-refractivity contribution in [3.05, 3.63) is 28.8 Å². The second kappa shape index (κ2) is 5.52. The number of aliphatic hydroxyl groups is 1. The van der Waals surface area contributed by atoms with Crippen molar-refractivity contribution in [3.8, 4) is 5.75 Å². The maximum absolute atomic E-state index is 9.84. The van der Waals surface area contributed by atoms with Gasteiger partial charge in [-0.3, -0.25) is 0 Å². The molecule has 3 nitrogen and oxygen atoms in total. The number of hydrogen-bond acceptors (Lipinski definition) is 3. The molecule has 0 aliphatic heterocycles. The van der Waals surface area contributed by atoms with E-state index in [0.717, 1.165) is 11.1 Å². The van der Waals surface area contributed by atoms with Crippen LogP contribution in [0.1, 0.15) is 37.0 Å². The number of hydrogen-bond donors (Lipinski definition) is 3. The smallest absolute Gasteiger partial charge is 0.120 e. The van der Waals surface area contributed by atoms with Gasteiger partial charge in [-0.15, -0.1) is 0 Å². The first-order chi connectivity index (χ1) is 7.85. The molecule has 0 saturated carbocycles. The fraction of sp³-hybridized carbons (Fsp3) is 0.571. The van der Waals surface area contributed by atoms with E-state index in [0.29, 0.717) is 25.3 Å². The van der Waals surface area contributed by atoms with Crippen LogP contribution in [-0.2, 0) is 6.54 Å². The molecule has 0 spiro atoms. The van der Waals surface area contributed by atoms with Crippen molar-refractivity contribution >= 4 is 0 Å². The molecule has 0 amide bonds. The van der Waals surface area contributed by atoms with Crippen molar-refractivity contribution in [1.82, 2.24) is 5.32 Å². The SMILES string of the molecule is CCC(C)(O)CNCc1cc(C)c(C)cc1O. The molecule has 0 radical (unpaired) electrons. The van der Waals surface area contributed by atoms with Gasteiger partial charge in [-0.1, -0.05) is 13.0 Å². The molecule has 96 valence electrons. The highest BCUT2D eigenvalue weighted by Crippen LogP contribution is 2.21. The van der Waals surface area contributed by atoms with Crippen molar-refractivity contribution in [2.45, 2.75) is 46.3 Å². The Balaban J connectivity index is 2.61. The molecular formula is C14H23NO2. The Hall–Kier alpha value is -1.06. The van der Waals surface area contributed by atoms with Crippen LogP contribution in [0.25, 0.3) is 0 Å². The second-order valence-corrected chi connectivity index (χ2v) is 5.02. The first-order valence-corrected chi connectivity index (χ1v) is 6.08. The Labute approximate surface area is 103 Å². The van der Waals surface area contributed by atoms with Crippen molar-refractivity contribution in [1.29, 1.82) is 0 Å². The Morgan fingerprint density at radius 2 is 1.82 bits per heavy atom. The maximum atomic E-state index is 9.84. The van der Waals surface area contributed by atoms with Crippen molar-refractivity contribution in [3.63, 3.8) is 0 Å². The van der Waals surface area contributed by atoms with Crippen LogP contribution in [-0.4, -0.2) is 22.4 Å². The Bertz CT molecular complexity index is 386. The lowest BCUT2D eigenvalue weighted by molar-refractivity contribution is 0.0555. The zero-order valence-corrected chi connectivity index (χ0v) is 11.2. The summed E-state index contributed by atoms with van der Waals surface area (Å²) in [5.74, 6) is 0.316. The summed E-state index contributed by atoms with van der Waals surface area (Å²) in [6, 6.07) is 3.77. The highest BCUT2D eigenvalue weighted by Gasteiger charge is 2.16. The van der Waals surface area contributed by atoms with E-state index in [-0.39, 0.29) is 0 Å². The standard InChI is InChI=1S/C14H23NO2/c1-5-14(4,17)9-15-8-12-6-10(2)11(3)7-13(12)16/h6-7,15-17H,5,8-9H2,1-4H3. The molecule has 1 aromatic carbocycles. The molecule has 0 fully saturated rings. The number of rotatable bonds is 5. The first kappa shape index (κ1) is 14.0. The summed E-state index contributed by atoms with van der Waals surface area (Å²) in [6.45, 7) is 8.86. The minimum atomic E-state index is -0.685. The van der Waals surface area contributed by atoms with Gasteiger partial charge in [0.15, 0.2) is 0 Å². The van der Waals surface area contributed by atoms with Crippen molar-refractivity contribution in [2.75, 3.05) is 6.54 Å². The van der Waals surface area contributed by atoms with Crippen LogP contribution in [0.15, 0.2) is 12.1 Å². The molecule has 0 aromatic heterocycles. The van der Waals surface area contributed by atoms with E-state index >= 15 is 0 Å². The van der Waals surface area contributed by atoms with Gasteiger partial charge >= 0.3 is 0 Å². The van der Waals surface area contributed by atoms with Crippen LogP contribution in [0.4, 0.5) is 0 Å². The monoisotopic (exact) mass is 237 g/mol. The fourth-order valence-electron chi connectivity index (χ4n) is 1.59. The summed E-state index contributed by atoms with van der Waals surface area (Å²) in [4.78, 5) is 0. The molecule has 3 heteroatoms. The maximum Gasteiger partial charge on any atom is 0.120 e. The fourth-order valence-corrected chi connectivity index (χ4v) is 1.59. The number of benzene rings is 1. The van der Waals surface area contributed by atoms with Gasteiger partial charge in [-0.2, -0.15) is 0 Å². The van der Waals surface area contributed by atoms with Crippen molar-refractivity contribution < 1.29 is 10.2 Å². The van der Waals surface area contributed by atoms with Crippen LogP contribution in [0.2, 0.25) is 0 Å². The molecule has 0 bridgehead atoms. The van der Waals surface area contributed by atoms with Gasteiger partial charge in [0.05, 0.1) is 5.60 Å². The number of nitrogens with one attached hydrogen (secondary N) is 1. The lowest BCUT2D eigenvalue weighted by Crippen LogP contribution is -2.36. The third kappa shape index (κ3) is 4.02. The van der Waals surface area contributed by atoms with Gasteiger partial charge < -0.3 is 15.5 Å². The molecule has 0 saturated heterocycles. The van der Waals surface area contributed by atoms with E-state index in [9.17, 15) is 10.2 Å². The average Bonchev–Trinajstić information content (AvgIpc) is 2.25. The summed E-state index contributed by atoms with van der Waals surface area (Å²) < 4.78 is 0. The summed E-state index contributed by atoms with van der Waals surface area (Å²) in [6.07, 6.45) is 0.707. The van der Waals surface area contributed by atoms with Gasteiger partial charge in [-0.25, -0.2) is 0 Å². The number of aryl methyl sites for hydroxylation is 2. The Kier molecular flexibility index (Phi) is 4.54. The molecule has 0 heterocycles. The summed E-state index contributed by atoms with van der Waals surface area (Å²) in [7, 11) is 0. The van der Waals surface area contributed by atoms with Gasteiger partial charge in [0.1, 0.15) is 5.75 Å². The zero-order valence-electron chi connectivity index (χ0n) is 11.2. The van der Waals surface area contributed by atoms with Crippen LogP contribution in [0.5, 0.6) is 5.75 Å². The topological polar surface area (TPSA) is 52.5 Å². The minimum absolute atomic E-state index is 0.316. The molecular weight excluding hydrogens is 214 g/mol. The lowest BCUT2D eigenvalue weighted by Gasteiger charge is -2.22. The van der Waals surface area contributed by atoms with E-state index in [1.165, 1.54) is 5.56 Å². The van der Waals surface area contributed by atoms with E-state index in [1.807, 2.05) is 26.8 Å². The van der Waals surface area contributed by atoms with Crippen LogP contribution < -0.4 is 5.32 Å². The van der Waals surface area contributed by atoms with Gasteiger partial charge in [0.25, 0.3) is 0 Å². The molecule has 1 rings (SSSR count). The predicted molar refractivity (Wildman–Crippen MR) is 70.2 cm³/mol. The van der Waals surface area contributed by atoms with Crippen molar-refractivity contribution in [2.24, 2.45) is 0 Å². The minimum Gasteiger partial charge on any atom is -0.508 e. The molecule has 3 N–H and O–H groups in total. The Morgan fingerprint density at radius 1 is 1.24 bits per heavy atom. The quantitative estimate of drug-likeness (QED) is 0.736. The summed E-state index contributed by atoms with van der Waals surface area (Å²) >= 11 is 0. The molecule has 1 unspecified atom stereocenters. The molecule has 0 aliphatic rings. The van der Waals surface area contributed by atoms with Gasteiger partial charge in [0, 0.05) is 18.7 Å². The van der Waals surface area contributed by atoms with Gasteiger partial charge in [0.2, 0.25) is 0 Å². The normalized spacial score (nSPS) is 14.6.